The van der Waals surface area contributed by atoms with Crippen LogP contribution in [0.15, 0.2) is 47.5 Å². The van der Waals surface area contributed by atoms with Crippen LogP contribution in [0.5, 0.6) is 0 Å². The molecule has 2 heterocycles. The molecule has 1 aliphatic heterocycles. The molecule has 24 heavy (non-hydrogen) atoms. The van der Waals surface area contributed by atoms with Crippen LogP contribution in [-0.4, -0.2) is 25.6 Å². The second kappa shape index (κ2) is 5.61. The van der Waals surface area contributed by atoms with Crippen molar-refractivity contribution >= 4 is 5.71 Å². The van der Waals surface area contributed by atoms with E-state index in [0.717, 1.165) is 0 Å². The third-order valence-corrected chi connectivity index (χ3v) is 3.90. The number of nitrogens with zero attached hydrogens (tertiary/aromatic N) is 4. The minimum Gasteiger partial charge on any atom is -0.388 e. The largest absolute Gasteiger partial charge is 0.388 e. The number of aromatic nitrogens is 3. The maximum Gasteiger partial charge on any atom is 0.163 e. The smallest absolute Gasteiger partial charge is 0.163 e. The van der Waals surface area contributed by atoms with Gasteiger partial charge in [-0.05, 0) is 30.3 Å². The van der Waals surface area contributed by atoms with Crippen LogP contribution >= 0.6 is 0 Å². The predicted molar refractivity (Wildman–Crippen MR) is 83.0 cm³/mol. The molecule has 2 aromatic carbocycles. The third kappa shape index (κ3) is 2.21. The summed E-state index contributed by atoms with van der Waals surface area (Å²) in [6.07, 6.45) is 0. The van der Waals surface area contributed by atoms with Gasteiger partial charge in [0.05, 0.1) is 11.4 Å². The van der Waals surface area contributed by atoms with E-state index in [0.29, 0.717) is 28.6 Å². The van der Waals surface area contributed by atoms with Crippen LogP contribution in [-0.2, 0) is 13.2 Å². The average Bonchev–Trinajstić information content (AvgIpc) is 2.93. The summed E-state index contributed by atoms with van der Waals surface area (Å²) in [7, 11) is 0. The molecule has 0 fully saturated rings. The topological polar surface area (TPSA) is 63.3 Å². The SMILES string of the molecule is OCc1nnc2n1-c1ccc(F)cc1C(c1ccccc1F)=NC2. The number of hydrogen-bond donors (Lipinski definition) is 1. The summed E-state index contributed by atoms with van der Waals surface area (Å²) in [4.78, 5) is 4.43. The van der Waals surface area contributed by atoms with Crippen LogP contribution in [0.3, 0.4) is 0 Å². The van der Waals surface area contributed by atoms with Crippen molar-refractivity contribution in [3.05, 3.63) is 76.9 Å². The lowest BCUT2D eigenvalue weighted by atomic mass is 10.00. The number of aliphatic hydroxyl groups is 1. The van der Waals surface area contributed by atoms with Crippen molar-refractivity contribution in [1.29, 1.82) is 0 Å². The number of aliphatic hydroxyl groups excluding tert-OH is 1. The molecule has 1 aromatic heterocycles. The van der Waals surface area contributed by atoms with E-state index < -0.39 is 11.6 Å². The number of halogens is 2. The van der Waals surface area contributed by atoms with Crippen molar-refractivity contribution in [3.63, 3.8) is 0 Å². The Balaban J connectivity index is 2.01. The van der Waals surface area contributed by atoms with Gasteiger partial charge in [0.2, 0.25) is 0 Å². The van der Waals surface area contributed by atoms with Gasteiger partial charge in [-0.15, -0.1) is 10.2 Å². The molecular weight excluding hydrogens is 314 g/mol. The fraction of sp³-hybridized carbons (Fsp3) is 0.118. The molecule has 7 heteroatoms. The Kier molecular flexibility index (Phi) is 3.42. The van der Waals surface area contributed by atoms with Gasteiger partial charge >= 0.3 is 0 Å². The number of rotatable bonds is 2. The van der Waals surface area contributed by atoms with Crippen molar-refractivity contribution < 1.29 is 13.9 Å². The van der Waals surface area contributed by atoms with Gasteiger partial charge in [0.1, 0.15) is 24.8 Å². The second-order valence-electron chi connectivity index (χ2n) is 5.33. The quantitative estimate of drug-likeness (QED) is 0.786. The molecule has 4 rings (SSSR count). The molecule has 0 saturated heterocycles. The van der Waals surface area contributed by atoms with Crippen molar-refractivity contribution in [2.75, 3.05) is 0 Å². The van der Waals surface area contributed by atoms with Crippen LogP contribution in [0.4, 0.5) is 8.78 Å². The minimum atomic E-state index is -0.458. The molecule has 5 nitrogen and oxygen atoms in total. The maximum atomic E-state index is 14.3. The van der Waals surface area contributed by atoms with Gasteiger partial charge in [-0.1, -0.05) is 12.1 Å². The highest BCUT2D eigenvalue weighted by atomic mass is 19.1. The first kappa shape index (κ1) is 14.6. The highest BCUT2D eigenvalue weighted by molar-refractivity contribution is 6.15. The normalized spacial score (nSPS) is 13.0. The van der Waals surface area contributed by atoms with Crippen molar-refractivity contribution in [3.8, 4) is 5.69 Å². The standard InChI is InChI=1S/C17H12F2N4O/c18-10-5-6-14-12(7-10)17(11-3-1-2-4-13(11)19)20-8-15-21-22-16(9-24)23(14)15/h1-7,24H,8-9H2. The highest BCUT2D eigenvalue weighted by Gasteiger charge is 2.24. The van der Waals surface area contributed by atoms with E-state index in [-0.39, 0.29) is 18.7 Å². The van der Waals surface area contributed by atoms with Crippen LogP contribution < -0.4 is 0 Å². The molecule has 120 valence electrons. The van der Waals surface area contributed by atoms with E-state index in [1.165, 1.54) is 18.2 Å². The Labute approximate surface area is 135 Å². The van der Waals surface area contributed by atoms with Gasteiger partial charge in [0, 0.05) is 11.1 Å². The summed E-state index contributed by atoms with van der Waals surface area (Å²) in [5.74, 6) is -0.0764. The summed E-state index contributed by atoms with van der Waals surface area (Å²) in [5.41, 5.74) is 1.61. The average molecular weight is 326 g/mol. The fourth-order valence-corrected chi connectivity index (χ4v) is 2.85. The Morgan fingerprint density at radius 2 is 1.88 bits per heavy atom. The van der Waals surface area contributed by atoms with E-state index in [1.54, 1.807) is 28.8 Å². The molecule has 3 aromatic rings. The molecule has 0 atom stereocenters. The second-order valence-corrected chi connectivity index (χ2v) is 5.33. The lowest BCUT2D eigenvalue weighted by molar-refractivity contribution is 0.268. The maximum absolute atomic E-state index is 14.3. The summed E-state index contributed by atoms with van der Waals surface area (Å²) in [5, 5.41) is 17.4. The van der Waals surface area contributed by atoms with Crippen LogP contribution in [0.25, 0.3) is 5.69 Å². The number of benzene rings is 2. The summed E-state index contributed by atoms with van der Waals surface area (Å²) >= 11 is 0. The van der Waals surface area contributed by atoms with E-state index in [9.17, 15) is 13.9 Å². The van der Waals surface area contributed by atoms with Gasteiger partial charge in [-0.2, -0.15) is 0 Å². The molecule has 0 saturated carbocycles. The van der Waals surface area contributed by atoms with Crippen molar-refractivity contribution in [2.45, 2.75) is 13.2 Å². The van der Waals surface area contributed by atoms with E-state index >= 15 is 0 Å². The summed E-state index contributed by atoms with van der Waals surface area (Å²) < 4.78 is 29.7. The zero-order chi connectivity index (χ0) is 16.7. The fourth-order valence-electron chi connectivity index (χ4n) is 2.85. The predicted octanol–water partition coefficient (Wildman–Crippen LogP) is 2.39. The monoisotopic (exact) mass is 326 g/mol. The lowest BCUT2D eigenvalue weighted by Crippen LogP contribution is -2.11. The third-order valence-electron chi connectivity index (χ3n) is 3.90. The van der Waals surface area contributed by atoms with Crippen molar-refractivity contribution in [2.24, 2.45) is 4.99 Å². The van der Waals surface area contributed by atoms with E-state index in [2.05, 4.69) is 15.2 Å². The van der Waals surface area contributed by atoms with Crippen LogP contribution in [0.2, 0.25) is 0 Å². The zero-order valence-electron chi connectivity index (χ0n) is 12.4. The highest BCUT2D eigenvalue weighted by Crippen LogP contribution is 2.27. The molecule has 1 aliphatic rings. The first-order valence-electron chi connectivity index (χ1n) is 7.32. The summed E-state index contributed by atoms with van der Waals surface area (Å²) in [6.45, 7) is -0.175. The van der Waals surface area contributed by atoms with Gasteiger partial charge in [-0.25, -0.2) is 8.78 Å². The molecule has 0 bridgehead atoms. The van der Waals surface area contributed by atoms with E-state index in [1.807, 2.05) is 0 Å². The molecule has 0 aliphatic carbocycles. The minimum absolute atomic E-state index is 0.146. The molecule has 0 spiro atoms. The number of fused-ring (bicyclic) bond motifs is 3. The lowest BCUT2D eigenvalue weighted by Gasteiger charge is -2.13. The summed E-state index contributed by atoms with van der Waals surface area (Å²) in [6, 6.07) is 10.4. The van der Waals surface area contributed by atoms with E-state index in [4.69, 9.17) is 0 Å². The van der Waals surface area contributed by atoms with Gasteiger partial charge in [0.15, 0.2) is 11.6 Å². The van der Waals surface area contributed by atoms with Gasteiger partial charge < -0.3 is 5.11 Å². The first-order valence-corrected chi connectivity index (χ1v) is 7.32. The Bertz CT molecular complexity index is 965. The molecule has 1 N–H and O–H groups in total. The Morgan fingerprint density at radius 3 is 2.67 bits per heavy atom. The van der Waals surface area contributed by atoms with Crippen molar-refractivity contribution in [1.82, 2.24) is 14.8 Å². The molecule has 0 amide bonds. The van der Waals surface area contributed by atoms with Gasteiger partial charge in [0.25, 0.3) is 0 Å². The Hall–Kier alpha value is -2.93. The van der Waals surface area contributed by atoms with Crippen LogP contribution in [0.1, 0.15) is 22.8 Å². The number of aliphatic imine (C=N–C) groups is 1. The zero-order valence-corrected chi connectivity index (χ0v) is 12.4. The van der Waals surface area contributed by atoms with Crippen LogP contribution in [0, 0.1) is 11.6 Å². The molecular formula is C17H12F2N4O. The first-order chi connectivity index (χ1) is 11.7. The number of hydrogen-bond acceptors (Lipinski definition) is 4. The molecule has 0 radical (unpaired) electrons. The van der Waals surface area contributed by atoms with Gasteiger partial charge in [-0.3, -0.25) is 9.56 Å². The molecule has 0 unspecified atom stereocenters. The Morgan fingerprint density at radius 1 is 1.04 bits per heavy atom.